The number of amides is 2. The molecule has 3 aromatic carbocycles. The second kappa shape index (κ2) is 13.0. The molecule has 0 bridgehead atoms. The largest absolute Gasteiger partial charge is 0.493 e. The Hall–Kier alpha value is -4.66. The van der Waals surface area contributed by atoms with E-state index in [1.54, 1.807) is 12.4 Å². The third-order valence-electron chi connectivity index (χ3n) is 5.67. The van der Waals surface area contributed by atoms with Gasteiger partial charge in [0.1, 0.15) is 18.4 Å². The van der Waals surface area contributed by atoms with Crippen LogP contribution in [0.5, 0.6) is 5.75 Å². The molecule has 0 unspecified atom stereocenters. The molecule has 38 heavy (non-hydrogen) atoms. The Kier molecular flexibility index (Phi) is 9.07. The molecule has 0 spiro atoms. The van der Waals surface area contributed by atoms with Gasteiger partial charge in [-0.15, -0.1) is 0 Å². The molecule has 4 aromatic rings. The fourth-order valence-electron chi connectivity index (χ4n) is 3.77. The minimum absolute atomic E-state index is 0.0905. The van der Waals surface area contributed by atoms with E-state index in [9.17, 15) is 9.59 Å². The van der Waals surface area contributed by atoms with Crippen molar-refractivity contribution in [3.8, 4) is 5.75 Å². The van der Waals surface area contributed by atoms with Gasteiger partial charge in [0.15, 0.2) is 0 Å². The molecule has 0 saturated heterocycles. The lowest BCUT2D eigenvalue weighted by Gasteiger charge is -2.16. The highest BCUT2D eigenvalue weighted by molar-refractivity contribution is 6.02. The number of hydrazone groups is 1. The van der Waals surface area contributed by atoms with Crippen LogP contribution in [0.2, 0.25) is 0 Å². The van der Waals surface area contributed by atoms with Crippen LogP contribution in [0.15, 0.2) is 84.4 Å². The Morgan fingerprint density at radius 1 is 1.03 bits per heavy atom. The molecule has 0 aliphatic heterocycles. The van der Waals surface area contributed by atoms with Gasteiger partial charge in [0.25, 0.3) is 5.91 Å². The summed E-state index contributed by atoms with van der Waals surface area (Å²) in [4.78, 5) is 32.3. The van der Waals surface area contributed by atoms with Crippen LogP contribution in [0.4, 0.5) is 4.79 Å². The van der Waals surface area contributed by atoms with Gasteiger partial charge in [-0.1, -0.05) is 68.4 Å². The lowest BCUT2D eigenvalue weighted by molar-refractivity contribution is -0.123. The Labute approximate surface area is 221 Å². The molecule has 3 N–H and O–H groups in total. The Morgan fingerprint density at radius 2 is 1.79 bits per heavy atom. The molecule has 1 aromatic heterocycles. The molecular formula is C29H31N5O4. The van der Waals surface area contributed by atoms with Crippen molar-refractivity contribution < 1.29 is 19.1 Å². The second-order valence-corrected chi connectivity index (χ2v) is 9.18. The van der Waals surface area contributed by atoms with Crippen LogP contribution in [0, 0.1) is 5.92 Å². The minimum atomic E-state index is -0.931. The molecule has 196 valence electrons. The third-order valence-corrected chi connectivity index (χ3v) is 5.67. The predicted octanol–water partition coefficient (Wildman–Crippen LogP) is 4.59. The summed E-state index contributed by atoms with van der Waals surface area (Å²) >= 11 is 0. The van der Waals surface area contributed by atoms with Crippen LogP contribution in [0.25, 0.3) is 10.8 Å². The number of carbonyl (C=O) groups is 2. The lowest BCUT2D eigenvalue weighted by atomic mass is 10.0. The van der Waals surface area contributed by atoms with E-state index < -0.39 is 18.0 Å². The van der Waals surface area contributed by atoms with E-state index >= 15 is 0 Å². The van der Waals surface area contributed by atoms with E-state index in [0.717, 1.165) is 27.6 Å². The zero-order valence-corrected chi connectivity index (χ0v) is 21.4. The monoisotopic (exact) mass is 513 g/mol. The number of aromatic nitrogens is 2. The van der Waals surface area contributed by atoms with Crippen molar-refractivity contribution in [3.05, 3.63) is 96.1 Å². The summed E-state index contributed by atoms with van der Waals surface area (Å²) in [7, 11) is 0. The summed E-state index contributed by atoms with van der Waals surface area (Å²) < 4.78 is 11.3. The molecule has 4 rings (SSSR count). The summed E-state index contributed by atoms with van der Waals surface area (Å²) in [6.45, 7) is 4.91. The van der Waals surface area contributed by atoms with Gasteiger partial charge < -0.3 is 19.8 Å². The average Bonchev–Trinajstić information content (AvgIpc) is 3.44. The van der Waals surface area contributed by atoms with Gasteiger partial charge in [0, 0.05) is 29.3 Å². The highest BCUT2D eigenvalue weighted by Crippen LogP contribution is 2.28. The maximum atomic E-state index is 13.0. The highest BCUT2D eigenvalue weighted by Gasteiger charge is 2.22. The first-order valence-corrected chi connectivity index (χ1v) is 12.4. The topological polar surface area (TPSA) is 118 Å². The van der Waals surface area contributed by atoms with Crippen LogP contribution in [0.3, 0.4) is 0 Å². The first-order valence-electron chi connectivity index (χ1n) is 12.4. The van der Waals surface area contributed by atoms with Gasteiger partial charge in [-0.05, 0) is 29.0 Å². The van der Waals surface area contributed by atoms with Gasteiger partial charge in [0.05, 0.1) is 19.1 Å². The highest BCUT2D eigenvalue weighted by atomic mass is 16.5. The van der Waals surface area contributed by atoms with E-state index in [2.05, 4.69) is 39.7 Å². The van der Waals surface area contributed by atoms with Crippen LogP contribution < -0.4 is 15.5 Å². The Bertz CT molecular complexity index is 1370. The molecule has 9 heteroatoms. The number of carbonyl (C=O) groups excluding carboxylic acids is 2. The van der Waals surface area contributed by atoms with E-state index in [1.165, 1.54) is 6.33 Å². The number of nitrogens with zero attached hydrogens (tertiary/aromatic N) is 2. The van der Waals surface area contributed by atoms with Crippen molar-refractivity contribution in [1.82, 2.24) is 20.7 Å². The van der Waals surface area contributed by atoms with Crippen LogP contribution in [0.1, 0.15) is 30.7 Å². The summed E-state index contributed by atoms with van der Waals surface area (Å²) in [5, 5.41) is 8.70. The molecule has 2 amide bonds. The van der Waals surface area contributed by atoms with Gasteiger partial charge in [-0.3, -0.25) is 4.79 Å². The number of H-pyrrole nitrogens is 1. The van der Waals surface area contributed by atoms with Gasteiger partial charge >= 0.3 is 6.09 Å². The summed E-state index contributed by atoms with van der Waals surface area (Å²) in [6.07, 6.45) is 4.16. The van der Waals surface area contributed by atoms with Crippen molar-refractivity contribution >= 4 is 29.0 Å². The van der Waals surface area contributed by atoms with E-state index in [0.29, 0.717) is 18.2 Å². The number of hydrogen-bond acceptors (Lipinski definition) is 6. The number of ether oxygens (including phenoxy) is 2. The average molecular weight is 514 g/mol. The Balaban J connectivity index is 1.43. The van der Waals surface area contributed by atoms with Crippen molar-refractivity contribution in [2.45, 2.75) is 32.9 Å². The smallest absolute Gasteiger partial charge is 0.408 e. The molecule has 1 heterocycles. The fraction of sp³-hybridized carbons (Fsp3) is 0.241. The number of benzene rings is 3. The number of alkyl carbamates (subject to hydrolysis) is 1. The zero-order chi connectivity index (χ0) is 26.7. The molecular weight excluding hydrogens is 482 g/mol. The molecule has 9 nitrogen and oxygen atoms in total. The van der Waals surface area contributed by atoms with Crippen molar-refractivity contribution in [2.24, 2.45) is 11.0 Å². The van der Waals surface area contributed by atoms with Gasteiger partial charge in [0.2, 0.25) is 0 Å². The van der Waals surface area contributed by atoms with Crippen molar-refractivity contribution in [2.75, 3.05) is 6.61 Å². The van der Waals surface area contributed by atoms with Crippen molar-refractivity contribution in [3.63, 3.8) is 0 Å². The summed E-state index contributed by atoms with van der Waals surface area (Å²) in [5.41, 5.74) is 4.88. The summed E-state index contributed by atoms with van der Waals surface area (Å²) in [5.74, 6) is 0.714. The molecule has 0 fully saturated rings. The van der Waals surface area contributed by atoms with Crippen LogP contribution in [-0.2, 0) is 22.6 Å². The predicted molar refractivity (Wildman–Crippen MR) is 146 cm³/mol. The van der Waals surface area contributed by atoms with Gasteiger partial charge in [-0.25, -0.2) is 15.2 Å². The maximum absolute atomic E-state index is 13.0. The molecule has 0 aliphatic carbocycles. The second-order valence-electron chi connectivity index (χ2n) is 9.18. The summed E-state index contributed by atoms with van der Waals surface area (Å²) in [6, 6.07) is 20.0. The number of rotatable bonds is 11. The first-order chi connectivity index (χ1) is 18.5. The number of hydrogen-bond donors (Lipinski definition) is 3. The van der Waals surface area contributed by atoms with Crippen LogP contribution >= 0.6 is 0 Å². The Morgan fingerprint density at radius 3 is 2.53 bits per heavy atom. The zero-order valence-electron chi connectivity index (χ0n) is 21.4. The molecule has 1 atom stereocenters. The number of aromatic amines is 1. The standard InChI is InChI=1S/C29H31N5O4/c1-20(2)17-37-27-13-12-22(24-10-6-7-11-25(24)27)15-32-34-28(35)26(14-23-16-30-19-31-23)33-29(36)38-18-21-8-4-3-5-9-21/h3-13,15-16,19-20,26H,14,17-18H2,1-2H3,(H,30,31)(H,33,36)(H,34,35)/b32-15-/t26-/m0/s1. The van der Waals surface area contributed by atoms with E-state index in [1.807, 2.05) is 66.7 Å². The quantitative estimate of drug-likeness (QED) is 0.200. The minimum Gasteiger partial charge on any atom is -0.493 e. The van der Waals surface area contributed by atoms with Gasteiger partial charge in [-0.2, -0.15) is 5.10 Å². The maximum Gasteiger partial charge on any atom is 0.408 e. The number of imidazole rings is 1. The fourth-order valence-corrected chi connectivity index (χ4v) is 3.77. The van der Waals surface area contributed by atoms with E-state index in [4.69, 9.17) is 9.47 Å². The lowest BCUT2D eigenvalue weighted by Crippen LogP contribution is -2.47. The number of fused-ring (bicyclic) bond motifs is 1. The number of nitrogens with one attached hydrogen (secondary N) is 3. The molecule has 0 radical (unpaired) electrons. The SMILES string of the molecule is CC(C)COc1ccc(/C=N\NC(=O)[C@H](Cc2cnc[nH]2)NC(=O)OCc2ccccc2)c2ccccc12. The van der Waals surface area contributed by atoms with Crippen LogP contribution in [-0.4, -0.2) is 40.8 Å². The molecule has 0 saturated carbocycles. The first kappa shape index (κ1) is 26.4. The normalized spacial score (nSPS) is 12.0. The third kappa shape index (κ3) is 7.42. The molecule has 0 aliphatic rings. The van der Waals surface area contributed by atoms with E-state index in [-0.39, 0.29) is 13.0 Å². The van der Waals surface area contributed by atoms with Crippen molar-refractivity contribution in [1.29, 1.82) is 0 Å².